The molecule has 0 aromatic heterocycles. The van der Waals surface area contributed by atoms with Gasteiger partial charge >= 0.3 is 12.0 Å². The van der Waals surface area contributed by atoms with Crippen LogP contribution < -0.4 is 11.1 Å². The summed E-state index contributed by atoms with van der Waals surface area (Å²) in [5.41, 5.74) is 4.68. The van der Waals surface area contributed by atoms with Gasteiger partial charge in [0.1, 0.15) is 0 Å². The predicted molar refractivity (Wildman–Crippen MR) is 52.7 cm³/mol. The van der Waals surface area contributed by atoms with Crippen LogP contribution in [0.5, 0.6) is 0 Å². The number of esters is 1. The Labute approximate surface area is 87.5 Å². The average Bonchev–Trinajstić information content (AvgIpc) is 2.13. The van der Waals surface area contributed by atoms with Crippen LogP contribution in [0.1, 0.15) is 20.3 Å². The Bertz CT molecular complexity index is 286. The summed E-state index contributed by atoms with van der Waals surface area (Å²) in [7, 11) is 0. The smallest absolute Gasteiger partial charge is 0.331 e. The van der Waals surface area contributed by atoms with Crippen molar-refractivity contribution >= 4 is 17.9 Å². The zero-order valence-electron chi connectivity index (χ0n) is 8.65. The van der Waals surface area contributed by atoms with Crippen molar-refractivity contribution in [3.05, 3.63) is 12.2 Å². The molecule has 0 heterocycles. The molecule has 3 amide bonds. The Morgan fingerprint density at radius 1 is 1.40 bits per heavy atom. The molecule has 15 heavy (non-hydrogen) atoms. The van der Waals surface area contributed by atoms with E-state index in [-0.39, 0.29) is 6.10 Å². The molecule has 0 aliphatic carbocycles. The quantitative estimate of drug-likeness (QED) is 0.511. The van der Waals surface area contributed by atoms with E-state index in [0.717, 1.165) is 12.2 Å². The van der Waals surface area contributed by atoms with Crippen molar-refractivity contribution in [1.29, 1.82) is 0 Å². The summed E-state index contributed by atoms with van der Waals surface area (Å²) in [5, 5.41) is 1.77. The van der Waals surface area contributed by atoms with Crippen LogP contribution in [0.2, 0.25) is 0 Å². The van der Waals surface area contributed by atoms with Crippen molar-refractivity contribution in [1.82, 2.24) is 5.32 Å². The highest BCUT2D eigenvalue weighted by atomic mass is 16.5. The monoisotopic (exact) mass is 214 g/mol. The summed E-state index contributed by atoms with van der Waals surface area (Å²) < 4.78 is 4.83. The fourth-order valence-corrected chi connectivity index (χ4v) is 0.628. The number of urea groups is 1. The highest BCUT2D eigenvalue weighted by Crippen LogP contribution is 1.96. The fourth-order valence-electron chi connectivity index (χ4n) is 0.628. The number of imide groups is 1. The van der Waals surface area contributed by atoms with Gasteiger partial charge in [0.25, 0.3) is 5.91 Å². The van der Waals surface area contributed by atoms with Gasteiger partial charge in [-0.1, -0.05) is 6.92 Å². The molecule has 1 unspecified atom stereocenters. The van der Waals surface area contributed by atoms with Gasteiger partial charge in [0.05, 0.1) is 6.10 Å². The molecule has 0 aromatic carbocycles. The molecule has 3 N–H and O–H groups in total. The van der Waals surface area contributed by atoms with Crippen molar-refractivity contribution in [2.75, 3.05) is 0 Å². The van der Waals surface area contributed by atoms with Crippen molar-refractivity contribution in [2.24, 2.45) is 5.73 Å². The molecule has 0 spiro atoms. The second-order valence-electron chi connectivity index (χ2n) is 2.84. The zero-order chi connectivity index (χ0) is 11.8. The highest BCUT2D eigenvalue weighted by Gasteiger charge is 2.05. The third kappa shape index (κ3) is 7.24. The number of rotatable bonds is 4. The van der Waals surface area contributed by atoms with Crippen LogP contribution in [0.4, 0.5) is 4.79 Å². The molecule has 6 heteroatoms. The molecule has 0 saturated heterocycles. The Kier molecular flexibility index (Phi) is 5.77. The van der Waals surface area contributed by atoms with Crippen LogP contribution >= 0.6 is 0 Å². The van der Waals surface area contributed by atoms with Crippen LogP contribution in [-0.2, 0) is 14.3 Å². The predicted octanol–water partition coefficient (Wildman–Crippen LogP) is 0.0792. The Morgan fingerprint density at radius 3 is 2.47 bits per heavy atom. The van der Waals surface area contributed by atoms with Crippen molar-refractivity contribution in [3.63, 3.8) is 0 Å². The number of hydrogen-bond donors (Lipinski definition) is 2. The maximum Gasteiger partial charge on any atom is 0.331 e. The Balaban J connectivity index is 4.00. The van der Waals surface area contributed by atoms with Crippen molar-refractivity contribution < 1.29 is 19.1 Å². The third-order valence-corrected chi connectivity index (χ3v) is 1.51. The van der Waals surface area contributed by atoms with E-state index in [1.54, 1.807) is 12.2 Å². The minimum Gasteiger partial charge on any atom is -0.460 e. The number of amides is 3. The van der Waals surface area contributed by atoms with E-state index in [1.807, 2.05) is 6.92 Å². The minimum absolute atomic E-state index is 0.207. The first-order chi connectivity index (χ1) is 6.95. The van der Waals surface area contributed by atoms with Crippen LogP contribution in [0.15, 0.2) is 12.2 Å². The largest absolute Gasteiger partial charge is 0.460 e. The van der Waals surface area contributed by atoms with Crippen molar-refractivity contribution in [3.8, 4) is 0 Å². The molecular formula is C9H14N2O4. The van der Waals surface area contributed by atoms with Crippen LogP contribution in [0, 0.1) is 0 Å². The number of carbonyl (C=O) groups is 3. The van der Waals surface area contributed by atoms with Crippen LogP contribution in [-0.4, -0.2) is 24.0 Å². The average molecular weight is 214 g/mol. The normalized spacial score (nSPS) is 12.1. The SMILES string of the molecule is CCC(C)OC(=O)/C=C/C(=O)NC(N)=O. The molecule has 0 saturated carbocycles. The van der Waals surface area contributed by atoms with Gasteiger partial charge in [-0.15, -0.1) is 0 Å². The van der Waals surface area contributed by atoms with E-state index in [0.29, 0.717) is 6.42 Å². The second-order valence-corrected chi connectivity index (χ2v) is 2.84. The highest BCUT2D eigenvalue weighted by molar-refractivity contribution is 6.02. The van der Waals surface area contributed by atoms with Crippen molar-refractivity contribution in [2.45, 2.75) is 26.4 Å². The first-order valence-electron chi connectivity index (χ1n) is 4.44. The lowest BCUT2D eigenvalue weighted by Crippen LogP contribution is -2.33. The topological polar surface area (TPSA) is 98.5 Å². The molecule has 0 aromatic rings. The molecule has 0 aliphatic rings. The molecule has 6 nitrogen and oxygen atoms in total. The minimum atomic E-state index is -0.972. The first kappa shape index (κ1) is 13.2. The van der Waals surface area contributed by atoms with Crippen LogP contribution in [0.3, 0.4) is 0 Å². The van der Waals surface area contributed by atoms with Gasteiger partial charge in [-0.25, -0.2) is 9.59 Å². The van der Waals surface area contributed by atoms with E-state index in [9.17, 15) is 14.4 Å². The van der Waals surface area contributed by atoms with E-state index in [2.05, 4.69) is 5.73 Å². The van der Waals surface area contributed by atoms with E-state index >= 15 is 0 Å². The molecule has 0 aliphatic heterocycles. The standard InChI is InChI=1S/C9H14N2O4/c1-3-6(2)15-8(13)5-4-7(12)11-9(10)14/h4-6H,3H2,1-2H3,(H3,10,11,12,14)/b5-4+. The lowest BCUT2D eigenvalue weighted by Gasteiger charge is -2.07. The van der Waals surface area contributed by atoms with Gasteiger partial charge in [0.2, 0.25) is 0 Å². The first-order valence-corrected chi connectivity index (χ1v) is 4.44. The number of nitrogens with one attached hydrogen (secondary N) is 1. The van der Waals surface area contributed by atoms with Gasteiger partial charge in [-0.05, 0) is 13.3 Å². The summed E-state index contributed by atoms with van der Waals surface area (Å²) in [6.07, 6.45) is 2.30. The van der Waals surface area contributed by atoms with E-state index in [4.69, 9.17) is 4.74 Å². The van der Waals surface area contributed by atoms with Gasteiger partial charge in [-0.3, -0.25) is 10.1 Å². The maximum atomic E-state index is 11.0. The number of primary amides is 1. The molecule has 0 fully saturated rings. The van der Waals surface area contributed by atoms with Gasteiger partial charge < -0.3 is 10.5 Å². The summed E-state index contributed by atoms with van der Waals surface area (Å²) in [6.45, 7) is 3.59. The molecule has 0 radical (unpaired) electrons. The molecule has 1 atom stereocenters. The number of hydrogen-bond acceptors (Lipinski definition) is 4. The lowest BCUT2D eigenvalue weighted by molar-refractivity contribution is -0.142. The summed E-state index contributed by atoms with van der Waals surface area (Å²) in [6, 6.07) is -0.972. The van der Waals surface area contributed by atoms with Gasteiger partial charge in [-0.2, -0.15) is 0 Å². The van der Waals surface area contributed by atoms with Gasteiger partial charge in [0, 0.05) is 12.2 Å². The zero-order valence-corrected chi connectivity index (χ0v) is 8.65. The Morgan fingerprint density at radius 2 is 2.00 bits per heavy atom. The maximum absolute atomic E-state index is 11.0. The summed E-state index contributed by atoms with van der Waals surface area (Å²) >= 11 is 0. The Hall–Kier alpha value is -1.85. The summed E-state index contributed by atoms with van der Waals surface area (Å²) in [5.74, 6) is -1.40. The number of nitrogens with two attached hydrogens (primary N) is 1. The number of carbonyl (C=O) groups excluding carboxylic acids is 3. The molecular weight excluding hydrogens is 200 g/mol. The van der Waals surface area contributed by atoms with Gasteiger partial charge in [0.15, 0.2) is 0 Å². The van der Waals surface area contributed by atoms with E-state index < -0.39 is 17.9 Å². The van der Waals surface area contributed by atoms with Crippen LogP contribution in [0.25, 0.3) is 0 Å². The molecule has 84 valence electrons. The molecule has 0 bridgehead atoms. The number of ether oxygens (including phenoxy) is 1. The van der Waals surface area contributed by atoms with E-state index in [1.165, 1.54) is 0 Å². The summed E-state index contributed by atoms with van der Waals surface area (Å²) in [4.78, 5) is 32.0. The second kappa shape index (κ2) is 6.58. The lowest BCUT2D eigenvalue weighted by atomic mass is 10.3. The molecule has 0 rings (SSSR count). The third-order valence-electron chi connectivity index (χ3n) is 1.51. The fraction of sp³-hybridized carbons (Fsp3) is 0.444.